The Bertz CT molecular complexity index is 156. The Balaban J connectivity index is 2.48. The Morgan fingerprint density at radius 2 is 2.00 bits per heavy atom. The minimum Gasteiger partial charge on any atom is -0.330 e. The van der Waals surface area contributed by atoms with Gasteiger partial charge in [-0.3, -0.25) is 0 Å². The maximum Gasteiger partial charge on any atom is 0.0132 e. The van der Waals surface area contributed by atoms with E-state index in [-0.39, 0.29) is 0 Å². The van der Waals surface area contributed by atoms with Crippen molar-refractivity contribution in [1.82, 2.24) is 4.90 Å². The van der Waals surface area contributed by atoms with Gasteiger partial charge in [0.15, 0.2) is 0 Å². The zero-order chi connectivity index (χ0) is 10.6. The highest BCUT2D eigenvalue weighted by atomic mass is 15.1. The molecule has 1 aliphatic carbocycles. The summed E-state index contributed by atoms with van der Waals surface area (Å²) in [5.41, 5.74) is 5.82. The average Bonchev–Trinajstić information content (AvgIpc) is 2.18. The Kier molecular flexibility index (Phi) is 4.90. The van der Waals surface area contributed by atoms with Gasteiger partial charge in [0.05, 0.1) is 0 Å². The van der Waals surface area contributed by atoms with Gasteiger partial charge < -0.3 is 10.6 Å². The number of hydrogen-bond donors (Lipinski definition) is 1. The van der Waals surface area contributed by atoms with Gasteiger partial charge in [-0.05, 0) is 45.3 Å². The molecule has 1 saturated carbocycles. The van der Waals surface area contributed by atoms with E-state index in [0.717, 1.165) is 24.4 Å². The Hall–Kier alpha value is -0.0800. The van der Waals surface area contributed by atoms with Crippen molar-refractivity contribution in [2.45, 2.75) is 45.1 Å². The molecule has 0 bridgehead atoms. The quantitative estimate of drug-likeness (QED) is 0.749. The highest BCUT2D eigenvalue weighted by Crippen LogP contribution is 2.33. The first-order chi connectivity index (χ1) is 6.69. The third kappa shape index (κ3) is 2.96. The van der Waals surface area contributed by atoms with Crippen LogP contribution in [-0.4, -0.2) is 31.6 Å². The molecule has 0 amide bonds. The smallest absolute Gasteiger partial charge is 0.0132 e. The molecule has 2 heteroatoms. The van der Waals surface area contributed by atoms with Crippen molar-refractivity contribution < 1.29 is 0 Å². The zero-order valence-electron chi connectivity index (χ0n) is 10.00. The lowest BCUT2D eigenvalue weighted by Gasteiger charge is -2.39. The number of hydrogen-bond acceptors (Lipinski definition) is 2. The van der Waals surface area contributed by atoms with Gasteiger partial charge in [0, 0.05) is 6.04 Å². The van der Waals surface area contributed by atoms with Crippen molar-refractivity contribution in [1.29, 1.82) is 0 Å². The minimum atomic E-state index is 0.727. The van der Waals surface area contributed by atoms with Gasteiger partial charge in [0.1, 0.15) is 0 Å². The zero-order valence-corrected chi connectivity index (χ0v) is 10.00. The lowest BCUT2D eigenvalue weighted by Crippen LogP contribution is -2.43. The van der Waals surface area contributed by atoms with Crippen LogP contribution in [0.1, 0.15) is 39.0 Å². The molecule has 1 aliphatic rings. The van der Waals surface area contributed by atoms with Gasteiger partial charge in [-0.2, -0.15) is 0 Å². The van der Waals surface area contributed by atoms with Gasteiger partial charge in [0.2, 0.25) is 0 Å². The summed E-state index contributed by atoms with van der Waals surface area (Å²) >= 11 is 0. The van der Waals surface area contributed by atoms with Gasteiger partial charge in [-0.1, -0.05) is 26.2 Å². The highest BCUT2D eigenvalue weighted by molar-refractivity contribution is 4.85. The first-order valence-electron chi connectivity index (χ1n) is 6.05. The summed E-state index contributed by atoms with van der Waals surface area (Å²) in [5, 5.41) is 0. The maximum atomic E-state index is 5.82. The Morgan fingerprint density at radius 3 is 2.50 bits per heavy atom. The second-order valence-corrected chi connectivity index (χ2v) is 4.99. The molecule has 0 aromatic carbocycles. The molecule has 84 valence electrons. The van der Waals surface area contributed by atoms with E-state index in [2.05, 4.69) is 25.9 Å². The molecule has 0 aromatic rings. The summed E-state index contributed by atoms with van der Waals surface area (Å²) in [5.74, 6) is 1.69. The molecule has 2 N–H and O–H groups in total. The summed E-state index contributed by atoms with van der Waals surface area (Å²) in [6.45, 7) is 3.15. The van der Waals surface area contributed by atoms with E-state index < -0.39 is 0 Å². The standard InChI is InChI=1S/C12H26N2/c1-4-5-10-6-7-11(9-13)12(8-10)14(2)3/h10-12H,4-9,13H2,1-3H3. The maximum absolute atomic E-state index is 5.82. The predicted octanol–water partition coefficient (Wildman–Crippen LogP) is 2.09. The summed E-state index contributed by atoms with van der Waals surface area (Å²) in [4.78, 5) is 2.37. The first-order valence-corrected chi connectivity index (χ1v) is 6.05. The van der Waals surface area contributed by atoms with Crippen LogP contribution in [0.15, 0.2) is 0 Å². The average molecular weight is 198 g/mol. The Morgan fingerprint density at radius 1 is 1.29 bits per heavy atom. The predicted molar refractivity (Wildman–Crippen MR) is 62.3 cm³/mol. The lowest BCUT2D eigenvalue weighted by atomic mass is 9.76. The van der Waals surface area contributed by atoms with E-state index in [1.807, 2.05) is 0 Å². The van der Waals surface area contributed by atoms with Crippen molar-refractivity contribution in [2.24, 2.45) is 17.6 Å². The van der Waals surface area contributed by atoms with Crippen LogP contribution < -0.4 is 5.73 Å². The molecule has 0 aliphatic heterocycles. The number of nitrogens with zero attached hydrogens (tertiary/aromatic N) is 1. The fourth-order valence-corrected chi connectivity index (χ4v) is 2.87. The number of rotatable bonds is 4. The summed E-state index contributed by atoms with van der Waals surface area (Å²) in [7, 11) is 4.39. The normalized spacial score (nSPS) is 33.6. The molecule has 3 unspecified atom stereocenters. The molecular formula is C12H26N2. The first kappa shape index (κ1) is 12.0. The fourth-order valence-electron chi connectivity index (χ4n) is 2.87. The van der Waals surface area contributed by atoms with Crippen LogP contribution in [0.25, 0.3) is 0 Å². The van der Waals surface area contributed by atoms with Crippen molar-refractivity contribution in [3.05, 3.63) is 0 Å². The van der Waals surface area contributed by atoms with Crippen molar-refractivity contribution >= 4 is 0 Å². The molecule has 14 heavy (non-hydrogen) atoms. The lowest BCUT2D eigenvalue weighted by molar-refractivity contribution is 0.120. The minimum absolute atomic E-state index is 0.727. The van der Waals surface area contributed by atoms with Crippen LogP contribution in [0.3, 0.4) is 0 Å². The Labute approximate surface area is 88.8 Å². The molecular weight excluding hydrogens is 172 g/mol. The van der Waals surface area contributed by atoms with Crippen LogP contribution in [0, 0.1) is 11.8 Å². The summed E-state index contributed by atoms with van der Waals surface area (Å²) in [6, 6.07) is 0.727. The molecule has 0 spiro atoms. The largest absolute Gasteiger partial charge is 0.330 e. The van der Waals surface area contributed by atoms with E-state index in [9.17, 15) is 0 Å². The van der Waals surface area contributed by atoms with E-state index in [0.29, 0.717) is 0 Å². The van der Waals surface area contributed by atoms with Gasteiger partial charge in [0.25, 0.3) is 0 Å². The van der Waals surface area contributed by atoms with E-state index in [1.165, 1.54) is 32.1 Å². The molecule has 0 aromatic heterocycles. The molecule has 2 nitrogen and oxygen atoms in total. The van der Waals surface area contributed by atoms with Crippen molar-refractivity contribution in [2.75, 3.05) is 20.6 Å². The van der Waals surface area contributed by atoms with Crippen LogP contribution in [0.5, 0.6) is 0 Å². The molecule has 1 rings (SSSR count). The van der Waals surface area contributed by atoms with E-state index >= 15 is 0 Å². The van der Waals surface area contributed by atoms with Gasteiger partial charge in [-0.15, -0.1) is 0 Å². The third-order valence-electron chi connectivity index (χ3n) is 3.73. The van der Waals surface area contributed by atoms with Crippen LogP contribution in [-0.2, 0) is 0 Å². The van der Waals surface area contributed by atoms with Crippen LogP contribution in [0.4, 0.5) is 0 Å². The van der Waals surface area contributed by atoms with Crippen molar-refractivity contribution in [3.8, 4) is 0 Å². The van der Waals surface area contributed by atoms with Crippen LogP contribution in [0.2, 0.25) is 0 Å². The SMILES string of the molecule is CCCC1CCC(CN)C(N(C)C)C1. The fraction of sp³-hybridized carbons (Fsp3) is 1.00. The van der Waals surface area contributed by atoms with Crippen LogP contribution >= 0.6 is 0 Å². The topological polar surface area (TPSA) is 29.3 Å². The highest BCUT2D eigenvalue weighted by Gasteiger charge is 2.30. The molecule has 0 radical (unpaired) electrons. The summed E-state index contributed by atoms with van der Waals surface area (Å²) < 4.78 is 0. The second kappa shape index (κ2) is 5.72. The second-order valence-electron chi connectivity index (χ2n) is 4.99. The van der Waals surface area contributed by atoms with Gasteiger partial charge >= 0.3 is 0 Å². The van der Waals surface area contributed by atoms with Crippen molar-refractivity contribution in [3.63, 3.8) is 0 Å². The monoisotopic (exact) mass is 198 g/mol. The summed E-state index contributed by atoms with van der Waals surface area (Å²) in [6.07, 6.45) is 6.84. The third-order valence-corrected chi connectivity index (χ3v) is 3.73. The number of nitrogens with two attached hydrogens (primary N) is 1. The molecule has 0 heterocycles. The molecule has 3 atom stereocenters. The molecule has 1 fully saturated rings. The van der Waals surface area contributed by atoms with Gasteiger partial charge in [-0.25, -0.2) is 0 Å². The van der Waals surface area contributed by atoms with E-state index in [4.69, 9.17) is 5.73 Å². The molecule has 0 saturated heterocycles. The van der Waals surface area contributed by atoms with E-state index in [1.54, 1.807) is 0 Å².